The summed E-state index contributed by atoms with van der Waals surface area (Å²) in [7, 11) is 1.64. The van der Waals surface area contributed by atoms with E-state index in [4.69, 9.17) is 16.3 Å². The van der Waals surface area contributed by atoms with Crippen LogP contribution in [-0.4, -0.2) is 12.1 Å². The Balaban J connectivity index is 1.92. The minimum absolute atomic E-state index is 0.694. The molecular weight excluding hydrogens is 360 g/mol. The number of thiazole rings is 1. The van der Waals surface area contributed by atoms with E-state index in [1.807, 2.05) is 36.4 Å². The van der Waals surface area contributed by atoms with E-state index in [2.05, 4.69) is 26.2 Å². The minimum atomic E-state index is 0.694. The second kappa shape index (κ2) is 5.60. The maximum absolute atomic E-state index is 5.97. The van der Waals surface area contributed by atoms with E-state index in [9.17, 15) is 0 Å². The van der Waals surface area contributed by atoms with E-state index >= 15 is 0 Å². The molecule has 0 aliphatic heterocycles. The van der Waals surface area contributed by atoms with E-state index in [-0.39, 0.29) is 0 Å². The fraction of sp³-hybridized carbons (Fsp3) is 0.0714. The molecule has 1 aromatic heterocycles. The average Bonchev–Trinajstić information content (AvgIpc) is 2.82. The first kappa shape index (κ1) is 13.7. The highest BCUT2D eigenvalue weighted by Gasteiger charge is 2.06. The van der Waals surface area contributed by atoms with Gasteiger partial charge >= 0.3 is 0 Å². The van der Waals surface area contributed by atoms with E-state index in [1.54, 1.807) is 18.4 Å². The lowest BCUT2D eigenvalue weighted by molar-refractivity contribution is 0.412. The maximum atomic E-state index is 5.97. The lowest BCUT2D eigenvalue weighted by Gasteiger charge is -2.07. The molecular formula is C14H10BrClN2OS. The van der Waals surface area contributed by atoms with Crippen molar-refractivity contribution in [3.8, 4) is 5.75 Å². The summed E-state index contributed by atoms with van der Waals surface area (Å²) in [6.45, 7) is 0. The van der Waals surface area contributed by atoms with Gasteiger partial charge in [-0.05, 0) is 46.3 Å². The van der Waals surface area contributed by atoms with Crippen LogP contribution in [0.25, 0.3) is 10.2 Å². The van der Waals surface area contributed by atoms with Gasteiger partial charge in [-0.2, -0.15) is 0 Å². The van der Waals surface area contributed by atoms with Gasteiger partial charge in [0.15, 0.2) is 5.13 Å². The van der Waals surface area contributed by atoms with E-state index in [0.29, 0.717) is 5.02 Å². The van der Waals surface area contributed by atoms with Crippen molar-refractivity contribution < 1.29 is 4.74 Å². The molecule has 0 unspecified atom stereocenters. The zero-order chi connectivity index (χ0) is 14.1. The van der Waals surface area contributed by atoms with Crippen molar-refractivity contribution in [2.24, 2.45) is 0 Å². The predicted molar refractivity (Wildman–Crippen MR) is 88.6 cm³/mol. The van der Waals surface area contributed by atoms with Crippen LogP contribution in [0.1, 0.15) is 0 Å². The summed E-state index contributed by atoms with van der Waals surface area (Å²) in [5, 5.41) is 4.80. The number of rotatable bonds is 3. The smallest absolute Gasteiger partial charge is 0.188 e. The zero-order valence-corrected chi connectivity index (χ0v) is 13.6. The van der Waals surface area contributed by atoms with Gasteiger partial charge in [-0.25, -0.2) is 4.98 Å². The molecule has 6 heteroatoms. The van der Waals surface area contributed by atoms with Gasteiger partial charge in [0, 0.05) is 16.8 Å². The number of aromatic nitrogens is 1. The molecule has 3 nitrogen and oxygen atoms in total. The number of methoxy groups -OCH3 is 1. The van der Waals surface area contributed by atoms with Crippen LogP contribution in [0.2, 0.25) is 5.02 Å². The Morgan fingerprint density at radius 1 is 1.25 bits per heavy atom. The van der Waals surface area contributed by atoms with Gasteiger partial charge in [-0.1, -0.05) is 22.9 Å². The molecule has 2 aromatic carbocycles. The summed E-state index contributed by atoms with van der Waals surface area (Å²) in [5.74, 6) is 0.777. The Kier molecular flexibility index (Phi) is 3.83. The highest BCUT2D eigenvalue weighted by atomic mass is 79.9. The topological polar surface area (TPSA) is 34.1 Å². The average molecular weight is 370 g/mol. The van der Waals surface area contributed by atoms with Gasteiger partial charge in [0.1, 0.15) is 5.75 Å². The summed E-state index contributed by atoms with van der Waals surface area (Å²) < 4.78 is 7.29. The molecule has 0 radical (unpaired) electrons. The predicted octanol–water partition coefficient (Wildman–Crippen LogP) is 5.46. The highest BCUT2D eigenvalue weighted by molar-refractivity contribution is 9.10. The van der Waals surface area contributed by atoms with Crippen LogP contribution >= 0.6 is 38.9 Å². The number of benzene rings is 2. The molecule has 0 aliphatic carbocycles. The standard InChI is InChI=1S/C14H10BrClN2OS/c1-19-12-7-9(3-4-10(12)15)17-14-18-11-6-8(16)2-5-13(11)20-14/h2-7H,1H3,(H,17,18). The highest BCUT2D eigenvalue weighted by Crippen LogP contribution is 2.33. The van der Waals surface area contributed by atoms with Crippen LogP contribution in [0.5, 0.6) is 5.75 Å². The summed E-state index contributed by atoms with van der Waals surface area (Å²) in [6, 6.07) is 11.5. The van der Waals surface area contributed by atoms with Crippen LogP contribution in [0.15, 0.2) is 40.9 Å². The largest absolute Gasteiger partial charge is 0.495 e. The molecule has 0 bridgehead atoms. The third-order valence-corrected chi connectivity index (χ3v) is 4.59. The summed E-state index contributed by atoms with van der Waals surface area (Å²) in [4.78, 5) is 4.52. The van der Waals surface area contributed by atoms with Crippen molar-refractivity contribution in [3.63, 3.8) is 0 Å². The number of halogens is 2. The molecule has 0 amide bonds. The van der Waals surface area contributed by atoms with Gasteiger partial charge < -0.3 is 10.1 Å². The van der Waals surface area contributed by atoms with Gasteiger partial charge in [0.05, 0.1) is 21.8 Å². The molecule has 20 heavy (non-hydrogen) atoms. The van der Waals surface area contributed by atoms with E-state index < -0.39 is 0 Å². The van der Waals surface area contributed by atoms with Crippen molar-refractivity contribution in [2.45, 2.75) is 0 Å². The SMILES string of the molecule is COc1cc(Nc2nc3cc(Cl)ccc3s2)ccc1Br. The second-order valence-corrected chi connectivity index (χ2v) is 6.43. The van der Waals surface area contributed by atoms with E-state index in [0.717, 1.165) is 31.3 Å². The van der Waals surface area contributed by atoms with Crippen LogP contribution < -0.4 is 10.1 Å². The Labute approximate surface area is 133 Å². The van der Waals surface area contributed by atoms with Gasteiger partial charge in [-0.15, -0.1) is 0 Å². The van der Waals surface area contributed by atoms with Gasteiger partial charge in [-0.3, -0.25) is 0 Å². The summed E-state index contributed by atoms with van der Waals surface area (Å²) >= 11 is 11.0. The molecule has 0 atom stereocenters. The number of anilines is 2. The van der Waals surface area contributed by atoms with Crippen LogP contribution in [0.4, 0.5) is 10.8 Å². The molecule has 1 N–H and O–H groups in total. The molecule has 102 valence electrons. The molecule has 0 aliphatic rings. The number of ether oxygens (including phenoxy) is 1. The molecule has 3 aromatic rings. The number of nitrogens with zero attached hydrogens (tertiary/aromatic N) is 1. The van der Waals surface area contributed by atoms with Gasteiger partial charge in [0.25, 0.3) is 0 Å². The van der Waals surface area contributed by atoms with Crippen molar-refractivity contribution in [2.75, 3.05) is 12.4 Å². The maximum Gasteiger partial charge on any atom is 0.188 e. The Bertz CT molecular complexity index is 775. The quantitative estimate of drug-likeness (QED) is 0.665. The monoisotopic (exact) mass is 368 g/mol. The Morgan fingerprint density at radius 2 is 2.10 bits per heavy atom. The van der Waals surface area contributed by atoms with Crippen LogP contribution in [0, 0.1) is 0 Å². The molecule has 0 saturated heterocycles. The number of fused-ring (bicyclic) bond motifs is 1. The first-order chi connectivity index (χ1) is 9.65. The van der Waals surface area contributed by atoms with Crippen molar-refractivity contribution in [3.05, 3.63) is 45.9 Å². The normalized spacial score (nSPS) is 10.8. The number of hydrogen-bond acceptors (Lipinski definition) is 4. The van der Waals surface area contributed by atoms with Crippen molar-refractivity contribution in [1.29, 1.82) is 0 Å². The molecule has 3 rings (SSSR count). The first-order valence-electron chi connectivity index (χ1n) is 5.82. The second-order valence-electron chi connectivity index (χ2n) is 4.11. The third-order valence-electron chi connectivity index (χ3n) is 2.75. The molecule has 0 spiro atoms. The third kappa shape index (κ3) is 2.75. The Hall–Kier alpha value is -1.30. The Morgan fingerprint density at radius 3 is 2.90 bits per heavy atom. The van der Waals surface area contributed by atoms with Crippen molar-refractivity contribution >= 4 is 59.9 Å². The first-order valence-corrected chi connectivity index (χ1v) is 7.81. The summed E-state index contributed by atoms with van der Waals surface area (Å²) in [6.07, 6.45) is 0. The molecule has 0 saturated carbocycles. The lowest BCUT2D eigenvalue weighted by Crippen LogP contribution is -1.91. The fourth-order valence-electron chi connectivity index (χ4n) is 1.82. The fourth-order valence-corrected chi connectivity index (χ4v) is 3.26. The molecule has 1 heterocycles. The van der Waals surface area contributed by atoms with Crippen LogP contribution in [0.3, 0.4) is 0 Å². The van der Waals surface area contributed by atoms with Gasteiger partial charge in [0.2, 0.25) is 0 Å². The minimum Gasteiger partial charge on any atom is -0.495 e. The van der Waals surface area contributed by atoms with E-state index in [1.165, 1.54) is 0 Å². The zero-order valence-electron chi connectivity index (χ0n) is 10.5. The number of nitrogens with one attached hydrogen (secondary N) is 1. The van der Waals surface area contributed by atoms with Crippen LogP contribution in [-0.2, 0) is 0 Å². The lowest BCUT2D eigenvalue weighted by atomic mass is 10.3. The number of hydrogen-bond donors (Lipinski definition) is 1. The van der Waals surface area contributed by atoms with Crippen molar-refractivity contribution in [1.82, 2.24) is 4.98 Å². The molecule has 0 fully saturated rings. The summed E-state index contributed by atoms with van der Waals surface area (Å²) in [5.41, 5.74) is 1.82.